The fourth-order valence-corrected chi connectivity index (χ4v) is 3.23. The van der Waals surface area contributed by atoms with E-state index in [2.05, 4.69) is 10.2 Å². The van der Waals surface area contributed by atoms with Gasteiger partial charge in [0.15, 0.2) is 0 Å². The second-order valence-corrected chi connectivity index (χ2v) is 5.25. The molecule has 1 amide bonds. The number of rotatable bonds is 2. The highest BCUT2D eigenvalue weighted by Crippen LogP contribution is 2.28. The van der Waals surface area contributed by atoms with Crippen LogP contribution in [0, 0.1) is 5.82 Å². The number of nitrogens with one attached hydrogen (secondary N) is 1. The van der Waals surface area contributed by atoms with E-state index in [-0.39, 0.29) is 17.4 Å². The van der Waals surface area contributed by atoms with E-state index in [1.54, 1.807) is 0 Å². The Morgan fingerprint density at radius 2 is 2.21 bits per heavy atom. The molecule has 1 aromatic rings. The number of hydrogen-bond donors (Lipinski definition) is 2. The number of phenolic OH excluding ortho intramolecular Hbond substituents is 1. The normalized spacial score (nSPS) is 26.4. The Morgan fingerprint density at radius 1 is 1.37 bits per heavy atom. The van der Waals surface area contributed by atoms with Gasteiger partial charge < -0.3 is 10.4 Å². The van der Waals surface area contributed by atoms with Crippen molar-refractivity contribution in [3.05, 3.63) is 29.6 Å². The van der Waals surface area contributed by atoms with Gasteiger partial charge in [-0.15, -0.1) is 0 Å². The first-order chi connectivity index (χ1) is 9.16. The third-order valence-corrected chi connectivity index (χ3v) is 4.14. The van der Waals surface area contributed by atoms with Gasteiger partial charge in [-0.05, 0) is 37.9 Å². The van der Waals surface area contributed by atoms with Crippen LogP contribution in [0.4, 0.5) is 4.39 Å². The standard InChI is InChI=1S/C14H17FN2O2/c15-9-3-1-5-12(18)13(9)14(19)16-10-6-8-17-7-2-4-11(10)17/h1,3,5,10-11,18H,2,4,6-8H2,(H,16,19). The van der Waals surface area contributed by atoms with Gasteiger partial charge >= 0.3 is 0 Å². The Morgan fingerprint density at radius 3 is 3.00 bits per heavy atom. The van der Waals surface area contributed by atoms with Gasteiger partial charge in [0.05, 0.1) is 0 Å². The Bertz CT molecular complexity index is 486. The number of carbonyl (C=O) groups excluding carboxylic acids is 1. The maximum Gasteiger partial charge on any atom is 0.258 e. The van der Waals surface area contributed by atoms with Crippen molar-refractivity contribution in [2.45, 2.75) is 31.3 Å². The van der Waals surface area contributed by atoms with E-state index in [0.717, 1.165) is 32.4 Å². The minimum atomic E-state index is -0.682. The smallest absolute Gasteiger partial charge is 0.258 e. The van der Waals surface area contributed by atoms with Crippen LogP contribution in [0.3, 0.4) is 0 Å². The van der Waals surface area contributed by atoms with E-state index in [0.29, 0.717) is 6.04 Å². The molecule has 3 rings (SSSR count). The first kappa shape index (κ1) is 12.4. The molecule has 102 valence electrons. The van der Waals surface area contributed by atoms with Crippen molar-refractivity contribution < 1.29 is 14.3 Å². The van der Waals surface area contributed by atoms with E-state index in [1.165, 1.54) is 18.2 Å². The van der Waals surface area contributed by atoms with E-state index in [4.69, 9.17) is 0 Å². The van der Waals surface area contributed by atoms with E-state index < -0.39 is 11.7 Å². The summed E-state index contributed by atoms with van der Waals surface area (Å²) in [5, 5.41) is 12.5. The van der Waals surface area contributed by atoms with Crippen LogP contribution in [0.5, 0.6) is 5.75 Å². The molecule has 2 N–H and O–H groups in total. The molecule has 0 saturated carbocycles. The number of hydrogen-bond acceptors (Lipinski definition) is 3. The molecule has 2 saturated heterocycles. The van der Waals surface area contributed by atoms with Gasteiger partial charge in [-0.3, -0.25) is 9.69 Å². The van der Waals surface area contributed by atoms with Crippen molar-refractivity contribution in [1.29, 1.82) is 0 Å². The summed E-state index contributed by atoms with van der Waals surface area (Å²) in [5.41, 5.74) is -0.251. The molecule has 0 spiro atoms. The molecule has 19 heavy (non-hydrogen) atoms. The lowest BCUT2D eigenvalue weighted by Gasteiger charge is -2.21. The summed E-state index contributed by atoms with van der Waals surface area (Å²) in [6.07, 6.45) is 3.13. The average Bonchev–Trinajstić information content (AvgIpc) is 2.94. The Balaban J connectivity index is 1.75. The van der Waals surface area contributed by atoms with Gasteiger partial charge in [-0.2, -0.15) is 0 Å². The van der Waals surface area contributed by atoms with E-state index >= 15 is 0 Å². The summed E-state index contributed by atoms with van der Waals surface area (Å²) < 4.78 is 13.6. The lowest BCUT2D eigenvalue weighted by molar-refractivity contribution is 0.0922. The lowest BCUT2D eigenvalue weighted by Crippen LogP contribution is -2.42. The third kappa shape index (κ3) is 2.18. The predicted molar refractivity (Wildman–Crippen MR) is 68.5 cm³/mol. The van der Waals surface area contributed by atoms with Crippen LogP contribution in [-0.4, -0.2) is 41.1 Å². The number of fused-ring (bicyclic) bond motifs is 1. The molecular formula is C14H17FN2O2. The lowest BCUT2D eigenvalue weighted by atomic mass is 10.1. The summed E-state index contributed by atoms with van der Waals surface area (Å²) in [6, 6.07) is 4.34. The highest BCUT2D eigenvalue weighted by molar-refractivity contribution is 5.97. The second-order valence-electron chi connectivity index (χ2n) is 5.25. The number of amides is 1. The van der Waals surface area contributed by atoms with Gasteiger partial charge in [-0.25, -0.2) is 4.39 Å². The second kappa shape index (κ2) is 4.81. The van der Waals surface area contributed by atoms with Gasteiger partial charge in [-0.1, -0.05) is 6.07 Å². The molecule has 0 radical (unpaired) electrons. The van der Waals surface area contributed by atoms with Crippen molar-refractivity contribution in [1.82, 2.24) is 10.2 Å². The molecular weight excluding hydrogens is 247 g/mol. The van der Waals surface area contributed by atoms with Crippen LogP contribution >= 0.6 is 0 Å². The Kier molecular flexibility index (Phi) is 3.14. The van der Waals surface area contributed by atoms with Gasteiger partial charge in [0, 0.05) is 18.6 Å². The first-order valence-electron chi connectivity index (χ1n) is 6.69. The molecule has 0 aliphatic carbocycles. The molecule has 2 atom stereocenters. The largest absolute Gasteiger partial charge is 0.507 e. The number of aromatic hydroxyl groups is 1. The SMILES string of the molecule is O=C(NC1CCN2CCCC12)c1c(O)cccc1F. The number of nitrogens with zero attached hydrogens (tertiary/aromatic N) is 1. The molecule has 2 aliphatic rings. The summed E-state index contributed by atoms with van der Waals surface area (Å²) >= 11 is 0. The maximum absolute atomic E-state index is 13.6. The van der Waals surface area contributed by atoms with E-state index in [1.807, 2.05) is 0 Å². The minimum Gasteiger partial charge on any atom is -0.507 e. The van der Waals surface area contributed by atoms with Crippen LogP contribution in [0.15, 0.2) is 18.2 Å². The molecule has 5 heteroatoms. The average molecular weight is 264 g/mol. The van der Waals surface area contributed by atoms with Crippen molar-refractivity contribution in [3.8, 4) is 5.75 Å². The number of benzene rings is 1. The van der Waals surface area contributed by atoms with Crippen LogP contribution < -0.4 is 5.32 Å². The molecule has 0 bridgehead atoms. The van der Waals surface area contributed by atoms with Crippen LogP contribution in [0.25, 0.3) is 0 Å². The van der Waals surface area contributed by atoms with Gasteiger partial charge in [0.2, 0.25) is 0 Å². The number of halogens is 1. The molecule has 0 aromatic heterocycles. The van der Waals surface area contributed by atoms with Crippen molar-refractivity contribution in [2.24, 2.45) is 0 Å². The van der Waals surface area contributed by atoms with Crippen molar-refractivity contribution >= 4 is 5.91 Å². The van der Waals surface area contributed by atoms with Crippen molar-refractivity contribution in [2.75, 3.05) is 13.1 Å². The number of carbonyl (C=O) groups is 1. The van der Waals surface area contributed by atoms with Crippen molar-refractivity contribution in [3.63, 3.8) is 0 Å². The molecule has 2 unspecified atom stereocenters. The molecule has 2 aliphatic heterocycles. The van der Waals surface area contributed by atoms with Crippen LogP contribution in [0.2, 0.25) is 0 Å². The molecule has 2 fully saturated rings. The Hall–Kier alpha value is -1.62. The summed E-state index contributed by atoms with van der Waals surface area (Å²) in [7, 11) is 0. The monoisotopic (exact) mass is 264 g/mol. The molecule has 4 nitrogen and oxygen atoms in total. The fourth-order valence-electron chi connectivity index (χ4n) is 3.23. The topological polar surface area (TPSA) is 52.6 Å². The zero-order valence-corrected chi connectivity index (χ0v) is 10.6. The highest BCUT2D eigenvalue weighted by Gasteiger charge is 2.38. The molecule has 2 heterocycles. The minimum absolute atomic E-state index is 0.0639. The maximum atomic E-state index is 13.6. The zero-order chi connectivity index (χ0) is 13.4. The zero-order valence-electron chi connectivity index (χ0n) is 10.6. The summed E-state index contributed by atoms with van der Waals surface area (Å²) in [5.74, 6) is -1.51. The highest BCUT2D eigenvalue weighted by atomic mass is 19.1. The fraction of sp³-hybridized carbons (Fsp3) is 0.500. The third-order valence-electron chi connectivity index (χ3n) is 4.14. The van der Waals surface area contributed by atoms with E-state index in [9.17, 15) is 14.3 Å². The van der Waals surface area contributed by atoms with Gasteiger partial charge in [0.25, 0.3) is 5.91 Å². The van der Waals surface area contributed by atoms with Crippen LogP contribution in [0.1, 0.15) is 29.6 Å². The summed E-state index contributed by atoms with van der Waals surface area (Å²) in [4.78, 5) is 14.5. The Labute approximate surface area is 111 Å². The molecule has 1 aromatic carbocycles. The van der Waals surface area contributed by atoms with Gasteiger partial charge in [0.1, 0.15) is 17.1 Å². The number of phenols is 1. The first-order valence-corrected chi connectivity index (χ1v) is 6.69. The summed E-state index contributed by atoms with van der Waals surface area (Å²) in [6.45, 7) is 2.07. The quantitative estimate of drug-likeness (QED) is 0.851. The van der Waals surface area contributed by atoms with Crippen LogP contribution in [-0.2, 0) is 0 Å². The predicted octanol–water partition coefficient (Wildman–Crippen LogP) is 1.50.